The molecular formula is C25H27F3N2O2SSi. The Morgan fingerprint density at radius 3 is 2.38 bits per heavy atom. The lowest BCUT2D eigenvalue weighted by atomic mass is 9.83. The molecule has 1 saturated heterocycles. The van der Waals surface area contributed by atoms with E-state index in [-0.39, 0.29) is 35.5 Å². The highest BCUT2D eigenvalue weighted by Crippen LogP contribution is 2.78. The summed E-state index contributed by atoms with van der Waals surface area (Å²) in [6, 6.07) is 15.4. The zero-order valence-corrected chi connectivity index (χ0v) is 20.9. The standard InChI is InChI=1S/C25H27F3N2O2SSi/c1-24-20-12-11-19(23(20)34(2,3)18-7-5-4-6-8-18)22(24)15-30(33(24,31)32)17-10-9-16(14-29)21(13-17)25(26,27)28/h4-13,19-20,22-23,31-32H,15H2,1-3H3/t19-,20-,22+,23-,24-/m1/s1. The number of nitriles is 1. The van der Waals surface area contributed by atoms with Crippen LogP contribution < -0.4 is 9.49 Å². The first-order valence-corrected chi connectivity index (χ1v) is 15.8. The number of anilines is 1. The van der Waals surface area contributed by atoms with Crippen LogP contribution in [0, 0.1) is 29.1 Å². The van der Waals surface area contributed by atoms with Crippen molar-refractivity contribution in [2.45, 2.75) is 36.5 Å². The van der Waals surface area contributed by atoms with Crippen LogP contribution in [0.25, 0.3) is 0 Å². The molecule has 2 aromatic rings. The second-order valence-electron chi connectivity index (χ2n) is 10.3. The number of nitrogens with zero attached hydrogens (tertiary/aromatic N) is 2. The summed E-state index contributed by atoms with van der Waals surface area (Å²) in [7, 11) is -5.46. The molecule has 4 nitrogen and oxygen atoms in total. The van der Waals surface area contributed by atoms with Gasteiger partial charge in [0.15, 0.2) is 0 Å². The topological polar surface area (TPSA) is 67.5 Å². The Morgan fingerprint density at radius 2 is 1.79 bits per heavy atom. The predicted octanol–water partition coefficient (Wildman–Crippen LogP) is 6.24. The van der Waals surface area contributed by atoms with Gasteiger partial charge in [0, 0.05) is 18.4 Å². The van der Waals surface area contributed by atoms with Gasteiger partial charge in [-0.1, -0.05) is 60.8 Å². The molecule has 5 rings (SSSR count). The minimum absolute atomic E-state index is 0.0696. The molecule has 0 spiro atoms. The van der Waals surface area contributed by atoms with Gasteiger partial charge in [0.25, 0.3) is 0 Å². The Kier molecular flexibility index (Phi) is 5.09. The van der Waals surface area contributed by atoms with Gasteiger partial charge >= 0.3 is 6.18 Å². The van der Waals surface area contributed by atoms with Crippen molar-refractivity contribution in [2.24, 2.45) is 17.8 Å². The van der Waals surface area contributed by atoms with Crippen LogP contribution in [0.1, 0.15) is 18.1 Å². The van der Waals surface area contributed by atoms with Crippen LogP contribution in [-0.4, -0.2) is 28.5 Å². The number of fused-ring (bicyclic) bond motifs is 5. The lowest BCUT2D eigenvalue weighted by molar-refractivity contribution is -0.137. The van der Waals surface area contributed by atoms with E-state index in [1.807, 2.05) is 25.1 Å². The Hall–Kier alpha value is -2.25. The van der Waals surface area contributed by atoms with Crippen LogP contribution in [0.15, 0.2) is 60.7 Å². The third-order valence-electron chi connectivity index (χ3n) is 8.53. The maximum atomic E-state index is 13.6. The second kappa shape index (κ2) is 7.37. The molecule has 1 heterocycles. The van der Waals surface area contributed by atoms with E-state index < -0.39 is 40.9 Å². The smallest absolute Gasteiger partial charge is 0.281 e. The molecule has 0 amide bonds. The van der Waals surface area contributed by atoms with E-state index >= 15 is 0 Å². The molecule has 9 heteroatoms. The third kappa shape index (κ3) is 2.99. The minimum Gasteiger partial charge on any atom is -0.281 e. The fourth-order valence-electron chi connectivity index (χ4n) is 6.76. The van der Waals surface area contributed by atoms with E-state index in [0.717, 1.165) is 12.1 Å². The summed E-state index contributed by atoms with van der Waals surface area (Å²) < 4.78 is 64.5. The summed E-state index contributed by atoms with van der Waals surface area (Å²) in [6.07, 6.45) is -0.403. The first-order chi connectivity index (χ1) is 15.8. The van der Waals surface area contributed by atoms with Gasteiger partial charge in [-0.15, -0.1) is 10.8 Å². The minimum atomic E-state index is -4.71. The van der Waals surface area contributed by atoms with Crippen LogP contribution in [0.2, 0.25) is 18.6 Å². The molecule has 0 aromatic heterocycles. The van der Waals surface area contributed by atoms with Gasteiger partial charge < -0.3 is 0 Å². The molecule has 1 saturated carbocycles. The SMILES string of the molecule is C[C@@]12[C@@H]3C=C[C@@H]([C@H]3[Si](C)(C)c3ccccc3)[C@@H]1CN(c1ccc(C#N)c(C(F)(F)F)c1)S2(O)O. The fraction of sp³-hybridized carbons (Fsp3) is 0.400. The maximum absolute atomic E-state index is 13.6. The Morgan fingerprint density at radius 1 is 1.12 bits per heavy atom. The molecular weight excluding hydrogens is 477 g/mol. The number of rotatable bonds is 3. The van der Waals surface area contributed by atoms with E-state index in [1.54, 1.807) is 6.07 Å². The number of halogens is 3. The van der Waals surface area contributed by atoms with Gasteiger partial charge in [0.2, 0.25) is 0 Å². The van der Waals surface area contributed by atoms with Crippen molar-refractivity contribution in [1.29, 1.82) is 5.26 Å². The average molecular weight is 505 g/mol. The molecule has 2 fully saturated rings. The summed E-state index contributed by atoms with van der Waals surface area (Å²) in [5, 5.41) is 10.4. The molecule has 2 bridgehead atoms. The lowest BCUT2D eigenvalue weighted by Gasteiger charge is -2.51. The predicted molar refractivity (Wildman–Crippen MR) is 132 cm³/mol. The van der Waals surface area contributed by atoms with E-state index in [9.17, 15) is 22.3 Å². The zero-order valence-electron chi connectivity index (χ0n) is 19.1. The number of hydrogen-bond acceptors (Lipinski definition) is 4. The van der Waals surface area contributed by atoms with Crippen LogP contribution in [0.4, 0.5) is 18.9 Å². The Labute approximate surface area is 200 Å². The molecule has 1 aliphatic heterocycles. The van der Waals surface area contributed by atoms with Crippen LogP contribution in [0.3, 0.4) is 0 Å². The highest BCUT2D eigenvalue weighted by Gasteiger charge is 2.72. The molecule has 0 unspecified atom stereocenters. The average Bonchev–Trinajstić information content (AvgIpc) is 3.40. The first kappa shape index (κ1) is 23.5. The summed E-state index contributed by atoms with van der Waals surface area (Å²) >= 11 is 0. The van der Waals surface area contributed by atoms with Crippen LogP contribution in [0.5, 0.6) is 0 Å². The summed E-state index contributed by atoms with van der Waals surface area (Å²) in [4.78, 5) is 0. The van der Waals surface area contributed by atoms with E-state index in [1.165, 1.54) is 15.6 Å². The van der Waals surface area contributed by atoms with Crippen LogP contribution in [-0.2, 0) is 6.18 Å². The van der Waals surface area contributed by atoms with Gasteiger partial charge in [-0.05, 0) is 36.6 Å². The maximum Gasteiger partial charge on any atom is 0.417 e. The van der Waals surface area contributed by atoms with Gasteiger partial charge in [0.05, 0.1) is 35.7 Å². The van der Waals surface area contributed by atoms with E-state index in [4.69, 9.17) is 5.26 Å². The molecule has 0 radical (unpaired) electrons. The molecule has 34 heavy (non-hydrogen) atoms. The van der Waals surface area contributed by atoms with Gasteiger partial charge in [-0.25, -0.2) is 0 Å². The van der Waals surface area contributed by atoms with Crippen molar-refractivity contribution in [3.63, 3.8) is 0 Å². The molecule has 3 aliphatic rings. The Balaban J connectivity index is 1.55. The number of hydrogen-bond donors (Lipinski definition) is 2. The quantitative estimate of drug-likeness (QED) is 0.384. The lowest BCUT2D eigenvalue weighted by Crippen LogP contribution is -2.50. The zero-order chi connectivity index (χ0) is 24.7. The van der Waals surface area contributed by atoms with Crippen molar-refractivity contribution >= 4 is 29.7 Å². The summed E-state index contributed by atoms with van der Waals surface area (Å²) in [5.41, 5.74) is -1.15. The molecule has 5 atom stereocenters. The second-order valence-corrected chi connectivity index (χ2v) is 17.4. The molecule has 2 aliphatic carbocycles. The third-order valence-corrected chi connectivity index (χ3v) is 15.5. The Bertz CT molecular complexity index is 1210. The van der Waals surface area contributed by atoms with Gasteiger partial charge in [0.1, 0.15) is 0 Å². The van der Waals surface area contributed by atoms with Crippen molar-refractivity contribution in [3.8, 4) is 6.07 Å². The number of alkyl halides is 3. The normalized spacial score (nSPS) is 32.5. The van der Waals surface area contributed by atoms with Crippen molar-refractivity contribution in [2.75, 3.05) is 10.8 Å². The van der Waals surface area contributed by atoms with E-state index in [2.05, 4.69) is 37.4 Å². The molecule has 2 aromatic carbocycles. The summed E-state index contributed by atoms with van der Waals surface area (Å²) in [5.74, 6) is -0.0219. The highest BCUT2D eigenvalue weighted by atomic mass is 32.3. The van der Waals surface area contributed by atoms with Crippen molar-refractivity contribution in [3.05, 3.63) is 71.8 Å². The summed E-state index contributed by atoms with van der Waals surface area (Å²) in [6.45, 7) is 6.82. The van der Waals surface area contributed by atoms with Crippen molar-refractivity contribution in [1.82, 2.24) is 0 Å². The fourth-order valence-corrected chi connectivity index (χ4v) is 13.5. The van der Waals surface area contributed by atoms with Crippen LogP contribution >= 0.6 is 10.8 Å². The monoisotopic (exact) mass is 504 g/mol. The van der Waals surface area contributed by atoms with Crippen molar-refractivity contribution < 1.29 is 22.3 Å². The van der Waals surface area contributed by atoms with E-state index in [0.29, 0.717) is 0 Å². The molecule has 2 N–H and O–H groups in total. The number of benzene rings is 2. The first-order valence-electron chi connectivity index (χ1n) is 11.3. The number of allylic oxidation sites excluding steroid dienone is 2. The highest BCUT2D eigenvalue weighted by molar-refractivity contribution is 8.26. The van der Waals surface area contributed by atoms with Gasteiger partial charge in [-0.3, -0.25) is 13.4 Å². The molecule has 180 valence electrons. The van der Waals surface area contributed by atoms with Gasteiger partial charge in [-0.2, -0.15) is 18.4 Å². The largest absolute Gasteiger partial charge is 0.417 e.